The third-order valence-electron chi connectivity index (χ3n) is 17.2. The molecular formula is C42H72N2O6S. The van der Waals surface area contributed by atoms with Crippen LogP contribution >= 0.6 is 0 Å². The highest BCUT2D eigenvalue weighted by Crippen LogP contribution is 2.76. The van der Waals surface area contributed by atoms with Gasteiger partial charge in [0.2, 0.25) is 0 Å². The third kappa shape index (κ3) is 6.52. The Balaban J connectivity index is 1.20. The standard InChI is InChI=1S/C42H72N2O6S/c1-28(2)29-13-18-42(43-21-22-44-23-25-51(10,48,49)26-24-44)20-19-40(8)30(35(29)42)11-12-32-39(7)16-15-33(50-36(47)37(3,4)27-34(45)46)38(5,6)31(39)14-17-41(32,40)9/h29-33,35,43H,1,11-27H2,2-10H3,(H,45,46)(H,48,49)/t29-,30+,31-,32+,33-,35+,39-,40+,41+,42-/m0/s1. The lowest BCUT2D eigenvalue weighted by molar-refractivity contribution is -0.247. The fourth-order valence-electron chi connectivity index (χ4n) is 14.0. The molecule has 1 saturated heterocycles. The minimum Gasteiger partial charge on any atom is -0.481 e. The summed E-state index contributed by atoms with van der Waals surface area (Å²) in [5, 5.41) is 13.6. The first-order chi connectivity index (χ1) is 23.4. The number of ether oxygens (including phenoxy) is 1. The number of carbonyl (C=O) groups excluding carboxylic acids is 1. The predicted octanol–water partition coefficient (Wildman–Crippen LogP) is 7.64. The molecule has 1 aliphatic heterocycles. The molecule has 0 amide bonds. The maximum atomic E-state index is 13.3. The second kappa shape index (κ2) is 12.6. The summed E-state index contributed by atoms with van der Waals surface area (Å²) in [6.07, 6.45) is 12.7. The van der Waals surface area contributed by atoms with Crippen LogP contribution in [0, 0.1) is 56.7 Å². The zero-order valence-corrected chi connectivity index (χ0v) is 34.4. The number of hydrogen-bond acceptors (Lipinski definition) is 6. The zero-order valence-electron chi connectivity index (χ0n) is 33.6. The molecule has 1 heterocycles. The van der Waals surface area contributed by atoms with E-state index in [-0.39, 0.29) is 45.7 Å². The molecule has 0 aromatic rings. The van der Waals surface area contributed by atoms with Crippen LogP contribution in [0.1, 0.15) is 126 Å². The van der Waals surface area contributed by atoms with Crippen molar-refractivity contribution in [3.8, 4) is 0 Å². The Morgan fingerprint density at radius 1 is 0.922 bits per heavy atom. The van der Waals surface area contributed by atoms with Gasteiger partial charge in [-0.2, -0.15) is 9.35 Å². The second-order valence-electron chi connectivity index (χ2n) is 20.9. The van der Waals surface area contributed by atoms with Gasteiger partial charge in [0.25, 0.3) is 0 Å². The lowest BCUT2D eigenvalue weighted by Crippen LogP contribution is -2.69. The first-order valence-electron chi connectivity index (χ1n) is 20.3. The monoisotopic (exact) mass is 733 g/mol. The molecule has 0 spiro atoms. The van der Waals surface area contributed by atoms with Crippen LogP contribution in [0.2, 0.25) is 0 Å². The van der Waals surface area contributed by atoms with Gasteiger partial charge in [0.1, 0.15) is 6.10 Å². The minimum atomic E-state index is -3.42. The number of hydrogen-bond donors (Lipinski definition) is 3. The van der Waals surface area contributed by atoms with E-state index in [4.69, 9.17) is 4.74 Å². The topological polar surface area (TPSA) is 116 Å². The molecule has 8 nitrogen and oxygen atoms in total. The van der Waals surface area contributed by atoms with E-state index < -0.39 is 20.7 Å². The van der Waals surface area contributed by atoms with Crippen LogP contribution in [0.3, 0.4) is 0 Å². The molecule has 10 atom stereocenters. The van der Waals surface area contributed by atoms with Crippen molar-refractivity contribution in [2.75, 3.05) is 43.9 Å². The summed E-state index contributed by atoms with van der Waals surface area (Å²) in [7, 11) is -3.42. The van der Waals surface area contributed by atoms with Crippen molar-refractivity contribution < 1.29 is 28.2 Å². The number of carboxylic acids is 1. The van der Waals surface area contributed by atoms with Gasteiger partial charge in [-0.05, 0) is 131 Å². The molecule has 6 rings (SSSR count). The van der Waals surface area contributed by atoms with Crippen LogP contribution in [-0.2, 0) is 23.7 Å². The lowest BCUT2D eigenvalue weighted by atomic mass is 9.32. The first-order valence-corrected chi connectivity index (χ1v) is 23.0. The molecule has 0 aromatic heterocycles. The highest BCUT2D eigenvalue weighted by Gasteiger charge is 2.71. The van der Waals surface area contributed by atoms with E-state index in [9.17, 15) is 23.5 Å². The summed E-state index contributed by atoms with van der Waals surface area (Å²) in [5.41, 5.74) is 0.848. The Bertz CT molecular complexity index is 1470. The van der Waals surface area contributed by atoms with Crippen molar-refractivity contribution in [1.29, 1.82) is 0 Å². The van der Waals surface area contributed by atoms with E-state index in [2.05, 4.69) is 58.3 Å². The number of carboxylic acid groups (broad SMARTS) is 1. The maximum absolute atomic E-state index is 13.3. The van der Waals surface area contributed by atoms with E-state index in [1.54, 1.807) is 20.1 Å². The molecule has 6 aliphatic rings. The number of rotatable bonds is 9. The van der Waals surface area contributed by atoms with E-state index >= 15 is 0 Å². The fraction of sp³-hybridized carbons (Fsp3) is 0.905. The number of nitrogens with zero attached hydrogens (tertiary/aromatic N) is 1. The predicted molar refractivity (Wildman–Crippen MR) is 206 cm³/mol. The molecule has 0 bridgehead atoms. The molecule has 3 N–H and O–H groups in total. The van der Waals surface area contributed by atoms with Crippen LogP contribution in [0.4, 0.5) is 0 Å². The summed E-state index contributed by atoms with van der Waals surface area (Å²) >= 11 is 0. The SMILES string of the molecule is C=C(C)[C@@H]1CC[C@]2(NCCN3CCS(C)(=O)(O)CC3)CC[C@]3(C)[C@H](CC[C@@H]4[C@@]5(C)CC[C@H](OC(=O)C(C)(C)CC(=O)O)C(C)(C)[C@@H]5CC[C@]43C)[C@@H]12. The molecule has 9 heteroatoms. The summed E-state index contributed by atoms with van der Waals surface area (Å²) in [5.74, 6) is 2.22. The number of nitrogens with one attached hydrogen (secondary N) is 1. The van der Waals surface area contributed by atoms with Gasteiger partial charge in [0, 0.05) is 54.9 Å². The third-order valence-corrected chi connectivity index (χ3v) is 19.6. The molecule has 292 valence electrons. The number of allylic oxidation sites excluding steroid dienone is 1. The summed E-state index contributed by atoms with van der Waals surface area (Å²) in [6, 6.07) is 0. The number of aliphatic carboxylic acids is 1. The summed E-state index contributed by atoms with van der Waals surface area (Å²) in [6.45, 7) is 26.0. The Labute approximate surface area is 309 Å². The van der Waals surface area contributed by atoms with E-state index in [1.165, 1.54) is 50.5 Å². The smallest absolute Gasteiger partial charge is 0.312 e. The number of carbonyl (C=O) groups is 2. The lowest BCUT2D eigenvalue weighted by Gasteiger charge is -2.73. The van der Waals surface area contributed by atoms with Gasteiger partial charge in [0.05, 0.1) is 11.8 Å². The van der Waals surface area contributed by atoms with E-state index in [1.807, 2.05) is 0 Å². The molecular weight excluding hydrogens is 661 g/mol. The second-order valence-corrected chi connectivity index (χ2v) is 25.1. The molecule has 6 fully saturated rings. The van der Waals surface area contributed by atoms with Gasteiger partial charge in [-0.15, -0.1) is 0 Å². The van der Waals surface area contributed by atoms with Gasteiger partial charge in [0.15, 0.2) is 0 Å². The molecule has 51 heavy (non-hydrogen) atoms. The molecule has 5 aliphatic carbocycles. The summed E-state index contributed by atoms with van der Waals surface area (Å²) in [4.78, 5) is 27.2. The van der Waals surface area contributed by atoms with Gasteiger partial charge < -0.3 is 19.7 Å². The van der Waals surface area contributed by atoms with Gasteiger partial charge in [-0.25, -0.2) is 4.21 Å². The molecule has 0 unspecified atom stereocenters. The van der Waals surface area contributed by atoms with Crippen LogP contribution in [0.5, 0.6) is 0 Å². The Kier molecular flexibility index (Phi) is 9.76. The van der Waals surface area contributed by atoms with Crippen LogP contribution < -0.4 is 5.32 Å². The quantitative estimate of drug-likeness (QED) is 0.164. The van der Waals surface area contributed by atoms with Crippen molar-refractivity contribution >= 4 is 21.3 Å². The number of esters is 1. The largest absolute Gasteiger partial charge is 0.481 e. The van der Waals surface area contributed by atoms with Crippen LogP contribution in [-0.4, -0.2) is 86.3 Å². The fourth-order valence-corrected chi connectivity index (χ4v) is 15.7. The van der Waals surface area contributed by atoms with Crippen molar-refractivity contribution in [2.24, 2.45) is 56.7 Å². The molecule has 0 radical (unpaired) electrons. The van der Waals surface area contributed by atoms with Crippen LogP contribution in [0.15, 0.2) is 12.2 Å². The highest BCUT2D eigenvalue weighted by molar-refractivity contribution is 8.14. The van der Waals surface area contributed by atoms with Crippen molar-refractivity contribution in [2.45, 2.75) is 138 Å². The normalized spacial score (nSPS) is 45.1. The Morgan fingerprint density at radius 2 is 1.59 bits per heavy atom. The van der Waals surface area contributed by atoms with Crippen molar-refractivity contribution in [3.05, 3.63) is 12.2 Å². The molecule has 0 aromatic carbocycles. The average Bonchev–Trinajstić information content (AvgIpc) is 3.39. The first kappa shape index (κ1) is 39.4. The van der Waals surface area contributed by atoms with E-state index in [0.717, 1.165) is 32.4 Å². The summed E-state index contributed by atoms with van der Waals surface area (Å²) < 4.78 is 29.5. The van der Waals surface area contributed by atoms with Crippen molar-refractivity contribution in [3.63, 3.8) is 0 Å². The zero-order chi connectivity index (χ0) is 37.7. The highest BCUT2D eigenvalue weighted by atomic mass is 32.3. The van der Waals surface area contributed by atoms with Crippen LogP contribution in [0.25, 0.3) is 0 Å². The van der Waals surface area contributed by atoms with Gasteiger partial charge in [-0.3, -0.25) is 14.5 Å². The van der Waals surface area contributed by atoms with Crippen molar-refractivity contribution in [1.82, 2.24) is 10.2 Å². The Morgan fingerprint density at radius 3 is 2.22 bits per heavy atom. The van der Waals surface area contributed by atoms with Gasteiger partial charge >= 0.3 is 11.9 Å². The van der Waals surface area contributed by atoms with E-state index in [0.29, 0.717) is 54.2 Å². The average molecular weight is 733 g/mol. The van der Waals surface area contributed by atoms with Gasteiger partial charge in [-0.1, -0.05) is 46.8 Å². The Hall–Kier alpha value is -1.29. The molecule has 5 saturated carbocycles. The minimum absolute atomic E-state index is 0.129. The number of fused-ring (bicyclic) bond motifs is 7. The maximum Gasteiger partial charge on any atom is 0.312 e.